The van der Waals surface area contributed by atoms with Crippen LogP contribution in [-0.2, 0) is 16.6 Å². The van der Waals surface area contributed by atoms with Gasteiger partial charge in [0.2, 0.25) is 0 Å². The number of rotatable bonds is 5. The average Bonchev–Trinajstić information content (AvgIpc) is 2.75. The van der Waals surface area contributed by atoms with Crippen molar-refractivity contribution >= 4 is 17.7 Å². The van der Waals surface area contributed by atoms with E-state index in [1.807, 2.05) is 6.92 Å². The number of nitrogen functional groups attached to an aromatic ring is 1. The summed E-state index contributed by atoms with van der Waals surface area (Å²) >= 11 is 0. The Labute approximate surface area is 180 Å². The normalized spacial score (nSPS) is 18.3. The summed E-state index contributed by atoms with van der Waals surface area (Å²) in [5.41, 5.74) is 7.71. The summed E-state index contributed by atoms with van der Waals surface area (Å²) in [7, 11) is 2.88. The zero-order chi connectivity index (χ0) is 22.7. The molecule has 0 radical (unpaired) electrons. The average molecular weight is 425 g/mol. The van der Waals surface area contributed by atoms with Crippen LogP contribution in [0.25, 0.3) is 11.3 Å². The van der Waals surface area contributed by atoms with E-state index in [2.05, 4.69) is 10.4 Å². The van der Waals surface area contributed by atoms with Gasteiger partial charge in [-0.15, -0.1) is 0 Å². The number of amidine groups is 1. The predicted molar refractivity (Wildman–Crippen MR) is 116 cm³/mol. The van der Waals surface area contributed by atoms with Crippen molar-refractivity contribution in [1.82, 2.24) is 15.1 Å². The number of methoxy groups -OCH3 is 1. The highest BCUT2D eigenvalue weighted by Gasteiger charge is 2.28. The fourth-order valence-electron chi connectivity index (χ4n) is 3.92. The molecule has 9 heteroatoms. The molecule has 0 spiro atoms. The molecule has 1 aliphatic rings. The number of hydrogen-bond donors (Lipinski definition) is 3. The van der Waals surface area contributed by atoms with Crippen LogP contribution in [0.4, 0.5) is 0 Å². The van der Waals surface area contributed by atoms with E-state index in [0.29, 0.717) is 36.9 Å². The molecule has 164 valence electrons. The van der Waals surface area contributed by atoms with Gasteiger partial charge in [0.1, 0.15) is 11.4 Å². The molecule has 3 rings (SSSR count). The Balaban J connectivity index is 1.82. The first-order valence-corrected chi connectivity index (χ1v) is 10.1. The Morgan fingerprint density at radius 2 is 1.90 bits per heavy atom. The van der Waals surface area contributed by atoms with E-state index < -0.39 is 11.5 Å². The number of aryl methyl sites for hydroxylation is 2. The summed E-state index contributed by atoms with van der Waals surface area (Å²) in [6, 6.07) is 6.63. The van der Waals surface area contributed by atoms with Crippen molar-refractivity contribution in [3.63, 3.8) is 0 Å². The van der Waals surface area contributed by atoms with Crippen LogP contribution in [0.2, 0.25) is 0 Å². The largest absolute Gasteiger partial charge is 0.469 e. The highest BCUT2D eigenvalue weighted by atomic mass is 16.5. The third kappa shape index (κ3) is 4.82. The molecule has 1 aliphatic carbocycles. The fourth-order valence-corrected chi connectivity index (χ4v) is 3.92. The van der Waals surface area contributed by atoms with Crippen LogP contribution in [0.3, 0.4) is 0 Å². The smallest absolute Gasteiger partial charge is 0.308 e. The van der Waals surface area contributed by atoms with Gasteiger partial charge in [0.05, 0.1) is 18.7 Å². The first kappa shape index (κ1) is 22.2. The lowest BCUT2D eigenvalue weighted by Crippen LogP contribution is -2.41. The molecule has 31 heavy (non-hydrogen) atoms. The van der Waals surface area contributed by atoms with Crippen LogP contribution >= 0.6 is 0 Å². The van der Waals surface area contributed by atoms with Gasteiger partial charge in [0.15, 0.2) is 0 Å². The summed E-state index contributed by atoms with van der Waals surface area (Å²) in [5.74, 6) is -0.850. The van der Waals surface area contributed by atoms with Crippen LogP contribution in [0.1, 0.15) is 47.2 Å². The van der Waals surface area contributed by atoms with Crippen molar-refractivity contribution in [2.45, 2.75) is 38.6 Å². The first-order valence-electron chi connectivity index (χ1n) is 10.1. The van der Waals surface area contributed by atoms with Crippen molar-refractivity contribution in [3.05, 3.63) is 51.3 Å². The second-order valence-electron chi connectivity index (χ2n) is 7.86. The number of aromatic nitrogens is 2. The number of carbonyl (C=O) groups excluding carboxylic acids is 2. The second kappa shape index (κ2) is 9.11. The second-order valence-corrected chi connectivity index (χ2v) is 7.86. The lowest BCUT2D eigenvalue weighted by atomic mass is 9.86. The van der Waals surface area contributed by atoms with E-state index >= 15 is 0 Å². The first-order chi connectivity index (χ1) is 14.7. The molecule has 1 aromatic heterocycles. The van der Waals surface area contributed by atoms with E-state index in [9.17, 15) is 14.4 Å². The van der Waals surface area contributed by atoms with Gasteiger partial charge in [-0.3, -0.25) is 19.8 Å². The molecular formula is C22H27N5O4. The van der Waals surface area contributed by atoms with E-state index in [1.54, 1.807) is 18.2 Å². The summed E-state index contributed by atoms with van der Waals surface area (Å²) in [6.07, 6.45) is 2.57. The summed E-state index contributed by atoms with van der Waals surface area (Å²) < 4.78 is 5.94. The fraction of sp³-hybridized carbons (Fsp3) is 0.409. The molecule has 0 saturated heterocycles. The van der Waals surface area contributed by atoms with Crippen LogP contribution < -0.4 is 16.6 Å². The molecule has 1 amide bonds. The molecule has 0 unspecified atom stereocenters. The molecule has 1 aromatic carbocycles. The van der Waals surface area contributed by atoms with E-state index in [0.717, 1.165) is 15.8 Å². The molecule has 9 nitrogen and oxygen atoms in total. The third-order valence-corrected chi connectivity index (χ3v) is 5.72. The number of nitrogens with two attached hydrogens (primary N) is 1. The summed E-state index contributed by atoms with van der Waals surface area (Å²) in [5, 5.41) is 14.8. The van der Waals surface area contributed by atoms with Crippen molar-refractivity contribution in [1.29, 1.82) is 5.41 Å². The molecule has 1 heterocycles. The van der Waals surface area contributed by atoms with Crippen molar-refractivity contribution in [2.24, 2.45) is 18.7 Å². The maximum absolute atomic E-state index is 12.9. The Bertz CT molecular complexity index is 1080. The van der Waals surface area contributed by atoms with Gasteiger partial charge in [-0.2, -0.15) is 5.10 Å². The molecule has 0 bridgehead atoms. The van der Waals surface area contributed by atoms with Crippen molar-refractivity contribution in [2.75, 3.05) is 7.11 Å². The molecular weight excluding hydrogens is 398 g/mol. The molecule has 2 aromatic rings. The van der Waals surface area contributed by atoms with Gasteiger partial charge in [0.25, 0.3) is 11.5 Å². The Morgan fingerprint density at radius 3 is 2.48 bits per heavy atom. The number of ether oxygens (including phenoxy) is 1. The highest BCUT2D eigenvalue weighted by molar-refractivity contribution is 5.96. The van der Waals surface area contributed by atoms with Gasteiger partial charge in [-0.1, -0.05) is 12.1 Å². The number of nitrogens with zero attached hydrogens (tertiary/aromatic N) is 2. The third-order valence-electron chi connectivity index (χ3n) is 5.72. The van der Waals surface area contributed by atoms with Crippen molar-refractivity contribution < 1.29 is 14.3 Å². The van der Waals surface area contributed by atoms with Crippen LogP contribution in [0.15, 0.2) is 29.1 Å². The van der Waals surface area contributed by atoms with E-state index in [4.69, 9.17) is 15.9 Å². The standard InChI is InChI=1S/C22H27N5O4/c1-12-10-14(19(23)24)6-9-16(12)18-11-17(21(29)27(2)26-18)20(28)25-15-7-4-13(5-8-15)22(30)31-3/h6,9-11,13,15H,4-5,7-8H2,1-3H3,(H3,23,24)(H,25,28). The van der Waals surface area contributed by atoms with Gasteiger partial charge in [-0.05, 0) is 50.3 Å². The van der Waals surface area contributed by atoms with Gasteiger partial charge >= 0.3 is 5.97 Å². The lowest BCUT2D eigenvalue weighted by Gasteiger charge is -2.27. The zero-order valence-corrected chi connectivity index (χ0v) is 17.9. The maximum Gasteiger partial charge on any atom is 0.308 e. The van der Waals surface area contributed by atoms with Crippen molar-refractivity contribution in [3.8, 4) is 11.3 Å². The Morgan fingerprint density at radius 1 is 1.23 bits per heavy atom. The summed E-state index contributed by atoms with van der Waals surface area (Å²) in [6.45, 7) is 1.86. The topological polar surface area (TPSA) is 140 Å². The minimum atomic E-state index is -0.484. The number of hydrogen-bond acceptors (Lipinski definition) is 6. The number of esters is 1. The highest BCUT2D eigenvalue weighted by Crippen LogP contribution is 2.26. The van der Waals surface area contributed by atoms with E-state index in [-0.39, 0.29) is 29.3 Å². The Hall–Kier alpha value is -3.49. The molecule has 1 fully saturated rings. The number of benzene rings is 1. The van der Waals surface area contributed by atoms with Gasteiger partial charge < -0.3 is 15.8 Å². The van der Waals surface area contributed by atoms with Crippen LogP contribution in [0, 0.1) is 18.3 Å². The minimum absolute atomic E-state index is 0.0117. The number of amides is 1. The molecule has 0 aliphatic heterocycles. The predicted octanol–water partition coefficient (Wildman–Crippen LogP) is 1.50. The number of nitrogens with one attached hydrogen (secondary N) is 2. The Kier molecular flexibility index (Phi) is 6.53. The molecule has 1 saturated carbocycles. The molecule has 4 N–H and O–H groups in total. The monoisotopic (exact) mass is 425 g/mol. The zero-order valence-electron chi connectivity index (χ0n) is 17.9. The van der Waals surface area contributed by atoms with Gasteiger partial charge in [0, 0.05) is 24.2 Å². The van der Waals surface area contributed by atoms with Gasteiger partial charge in [-0.25, -0.2) is 4.68 Å². The minimum Gasteiger partial charge on any atom is -0.469 e. The lowest BCUT2D eigenvalue weighted by molar-refractivity contribution is -0.146. The quantitative estimate of drug-likeness (QED) is 0.377. The molecule has 0 atom stereocenters. The SMILES string of the molecule is COC(=O)C1CCC(NC(=O)c2cc(-c3ccc(C(=N)N)cc3C)nn(C)c2=O)CC1. The number of carbonyl (C=O) groups is 2. The maximum atomic E-state index is 12.9. The van der Waals surface area contributed by atoms with Crippen LogP contribution in [0.5, 0.6) is 0 Å². The van der Waals surface area contributed by atoms with Crippen LogP contribution in [-0.4, -0.2) is 40.6 Å². The summed E-state index contributed by atoms with van der Waals surface area (Å²) in [4.78, 5) is 37.1. The van der Waals surface area contributed by atoms with E-state index in [1.165, 1.54) is 20.2 Å².